The van der Waals surface area contributed by atoms with Crippen LogP contribution in [-0.4, -0.2) is 80.4 Å². The van der Waals surface area contributed by atoms with Crippen molar-refractivity contribution in [1.82, 2.24) is 0 Å². The normalized spacial score (nSPS) is 50.1. The summed E-state index contributed by atoms with van der Waals surface area (Å²) in [5.41, 5.74) is 0. The second kappa shape index (κ2) is 7.60. The van der Waals surface area contributed by atoms with Gasteiger partial charge in [-0.15, -0.1) is 0 Å². The zero-order chi connectivity index (χ0) is 16.7. The van der Waals surface area contributed by atoms with Crippen molar-refractivity contribution in [3.8, 4) is 0 Å². The van der Waals surface area contributed by atoms with Gasteiger partial charge in [0.1, 0.15) is 18.3 Å². The molecule has 0 radical (unpaired) electrons. The van der Waals surface area contributed by atoms with E-state index < -0.39 is 36.8 Å². The van der Waals surface area contributed by atoms with E-state index in [-0.39, 0.29) is 23.2 Å². The molecule has 0 aromatic rings. The summed E-state index contributed by atoms with van der Waals surface area (Å²) in [6.45, 7) is 0. The number of hydrogen-bond donors (Lipinski definition) is 3. The quantitative estimate of drug-likeness (QED) is 0.617. The Balaban J connectivity index is 1.38. The summed E-state index contributed by atoms with van der Waals surface area (Å²) in [5.74, 6) is 2.13. The molecule has 0 bridgehead atoms. The van der Waals surface area contributed by atoms with E-state index >= 15 is 0 Å². The zero-order valence-electron chi connectivity index (χ0n) is 13.5. The van der Waals surface area contributed by atoms with Crippen molar-refractivity contribution in [2.45, 2.75) is 85.7 Å². The van der Waals surface area contributed by atoms with Gasteiger partial charge in [0.2, 0.25) is 0 Å². The summed E-state index contributed by atoms with van der Waals surface area (Å²) >= 11 is 3.53. The maximum Gasteiger partial charge on any atom is 0.170 e. The first-order valence-electron chi connectivity index (χ1n) is 8.87. The first-order valence-corrected chi connectivity index (χ1v) is 11.0. The van der Waals surface area contributed by atoms with E-state index in [1.54, 1.807) is 11.8 Å². The van der Waals surface area contributed by atoms with Gasteiger partial charge >= 0.3 is 0 Å². The van der Waals surface area contributed by atoms with Gasteiger partial charge in [-0.05, 0) is 37.2 Å². The lowest BCUT2D eigenvalue weighted by molar-refractivity contribution is -0.211. The molecule has 4 aliphatic rings. The molecule has 3 saturated heterocycles. The minimum absolute atomic E-state index is 0.0513. The summed E-state index contributed by atoms with van der Waals surface area (Å²) in [6.07, 6.45) is -0.209. The Labute approximate surface area is 150 Å². The molecular weight excluding hydrogens is 352 g/mol. The Hall–Kier alpha value is 0.460. The fraction of sp³-hybridized carbons (Fsp3) is 1.00. The molecule has 0 aromatic heterocycles. The van der Waals surface area contributed by atoms with E-state index in [0.717, 1.165) is 37.2 Å². The Morgan fingerprint density at radius 2 is 1.75 bits per heavy atom. The second-order valence-corrected chi connectivity index (χ2v) is 9.73. The molecule has 8 heteroatoms. The number of fused-ring (bicyclic) bond motifs is 1. The number of thioether (sulfide) groups is 2. The van der Waals surface area contributed by atoms with Crippen molar-refractivity contribution in [2.75, 3.05) is 11.5 Å². The van der Waals surface area contributed by atoms with Crippen LogP contribution in [0.3, 0.4) is 0 Å². The average molecular weight is 379 g/mol. The highest BCUT2D eigenvalue weighted by molar-refractivity contribution is 8.00. The summed E-state index contributed by atoms with van der Waals surface area (Å²) < 4.78 is 17.6. The Morgan fingerprint density at radius 3 is 2.46 bits per heavy atom. The van der Waals surface area contributed by atoms with E-state index in [4.69, 9.17) is 14.2 Å². The highest BCUT2D eigenvalue weighted by Crippen LogP contribution is 2.40. The summed E-state index contributed by atoms with van der Waals surface area (Å²) in [6, 6.07) is 0. The van der Waals surface area contributed by atoms with Gasteiger partial charge in [0, 0.05) is 6.42 Å². The first kappa shape index (κ1) is 17.9. The van der Waals surface area contributed by atoms with Crippen molar-refractivity contribution >= 4 is 23.5 Å². The van der Waals surface area contributed by atoms with Crippen molar-refractivity contribution in [3.63, 3.8) is 0 Å². The lowest BCUT2D eigenvalue weighted by Crippen LogP contribution is -2.56. The third-order valence-corrected chi connectivity index (χ3v) is 8.17. The molecule has 4 fully saturated rings. The number of ether oxygens (including phenoxy) is 3. The number of hydrogen-bond acceptors (Lipinski definition) is 8. The molecule has 3 N–H and O–H groups in total. The molecule has 0 amide bonds. The number of rotatable bonds is 4. The third kappa shape index (κ3) is 3.49. The van der Waals surface area contributed by atoms with Gasteiger partial charge in [-0.25, -0.2) is 0 Å². The predicted molar refractivity (Wildman–Crippen MR) is 92.0 cm³/mol. The number of aliphatic hydroxyl groups excluding tert-OH is 3. The smallest absolute Gasteiger partial charge is 0.170 e. The van der Waals surface area contributed by atoms with Gasteiger partial charge < -0.3 is 29.5 Å². The fourth-order valence-electron chi connectivity index (χ4n) is 4.03. The van der Waals surface area contributed by atoms with E-state index in [2.05, 4.69) is 0 Å². The molecule has 3 heterocycles. The Kier molecular flexibility index (Phi) is 5.65. The summed E-state index contributed by atoms with van der Waals surface area (Å²) in [5, 5.41) is 31.6. The molecular formula is C16H26O6S2. The van der Waals surface area contributed by atoms with Crippen molar-refractivity contribution in [1.29, 1.82) is 0 Å². The zero-order valence-corrected chi connectivity index (χ0v) is 15.2. The summed E-state index contributed by atoms with van der Waals surface area (Å²) in [7, 11) is 0. The van der Waals surface area contributed by atoms with Crippen LogP contribution in [0.2, 0.25) is 0 Å². The van der Waals surface area contributed by atoms with Crippen LogP contribution < -0.4 is 0 Å². The van der Waals surface area contributed by atoms with Crippen LogP contribution in [0.1, 0.15) is 32.1 Å². The van der Waals surface area contributed by atoms with Gasteiger partial charge in [0.15, 0.2) is 12.6 Å². The number of aliphatic hydroxyl groups is 3. The minimum atomic E-state index is -0.913. The van der Waals surface area contributed by atoms with Gasteiger partial charge in [-0.2, -0.15) is 23.5 Å². The molecule has 6 nitrogen and oxygen atoms in total. The predicted octanol–water partition coefficient (Wildman–Crippen LogP) is 0.717. The summed E-state index contributed by atoms with van der Waals surface area (Å²) in [4.78, 5) is 0. The molecule has 24 heavy (non-hydrogen) atoms. The van der Waals surface area contributed by atoms with Crippen LogP contribution in [0.15, 0.2) is 0 Å². The Bertz CT molecular complexity index is 429. The van der Waals surface area contributed by atoms with E-state index in [1.165, 1.54) is 0 Å². The van der Waals surface area contributed by atoms with Gasteiger partial charge in [-0.1, -0.05) is 0 Å². The topological polar surface area (TPSA) is 88.4 Å². The molecule has 1 saturated carbocycles. The van der Waals surface area contributed by atoms with Gasteiger partial charge in [0.25, 0.3) is 0 Å². The van der Waals surface area contributed by atoms with E-state index in [9.17, 15) is 15.3 Å². The molecule has 0 aromatic carbocycles. The van der Waals surface area contributed by atoms with Gasteiger partial charge in [-0.3, -0.25) is 0 Å². The molecule has 3 aliphatic heterocycles. The highest BCUT2D eigenvalue weighted by atomic mass is 32.2. The molecule has 138 valence electrons. The first-order chi connectivity index (χ1) is 11.6. The van der Waals surface area contributed by atoms with E-state index in [1.807, 2.05) is 11.8 Å². The third-order valence-electron chi connectivity index (χ3n) is 5.34. The maximum atomic E-state index is 10.6. The highest BCUT2D eigenvalue weighted by Gasteiger charge is 2.53. The molecule has 1 aliphatic carbocycles. The van der Waals surface area contributed by atoms with Crippen LogP contribution in [0, 0.1) is 0 Å². The van der Waals surface area contributed by atoms with Crippen LogP contribution in [0.4, 0.5) is 0 Å². The standard InChI is InChI=1S/C16H26O6S2/c17-8-7-9(20-15(19)10-3-1-5-23-10)12(18)14-13(8)21-16(22-14)11-4-2-6-24-11/h8-19H,1-7H2/t8-,9+,10?,11?,12-,13-,14+,15?,16?/m0/s1. The molecule has 9 atom stereocenters. The minimum Gasteiger partial charge on any atom is -0.390 e. The SMILES string of the molecule is OC(O[C@@H]1C[C@H](O)[C@@H]2OC(C3CCCS3)O[C@@H]2[C@H]1O)C1CCCS1. The van der Waals surface area contributed by atoms with Crippen LogP contribution >= 0.6 is 23.5 Å². The second-order valence-electron chi connectivity index (χ2n) is 7.03. The largest absolute Gasteiger partial charge is 0.390 e. The van der Waals surface area contributed by atoms with Crippen LogP contribution in [-0.2, 0) is 14.2 Å². The van der Waals surface area contributed by atoms with Gasteiger partial charge in [0.05, 0.1) is 22.7 Å². The van der Waals surface area contributed by atoms with E-state index in [0.29, 0.717) is 0 Å². The lowest BCUT2D eigenvalue weighted by atomic mass is 9.87. The molecule has 4 rings (SSSR count). The lowest BCUT2D eigenvalue weighted by Gasteiger charge is -2.38. The maximum absolute atomic E-state index is 10.6. The van der Waals surface area contributed by atoms with Crippen molar-refractivity contribution in [3.05, 3.63) is 0 Å². The molecule has 0 spiro atoms. The van der Waals surface area contributed by atoms with Crippen molar-refractivity contribution < 1.29 is 29.5 Å². The van der Waals surface area contributed by atoms with Crippen LogP contribution in [0.25, 0.3) is 0 Å². The Morgan fingerprint density at radius 1 is 1.00 bits per heavy atom. The monoisotopic (exact) mass is 378 g/mol. The van der Waals surface area contributed by atoms with Crippen LogP contribution in [0.5, 0.6) is 0 Å². The van der Waals surface area contributed by atoms with Crippen molar-refractivity contribution in [2.24, 2.45) is 0 Å². The average Bonchev–Trinajstić information content (AvgIpc) is 3.33. The fourth-order valence-corrected chi connectivity index (χ4v) is 6.48. The molecule has 4 unspecified atom stereocenters.